The molecule has 17 heavy (non-hydrogen) atoms. The van der Waals surface area contributed by atoms with Crippen LogP contribution in [0.25, 0.3) is 0 Å². The Morgan fingerprint density at radius 1 is 1.47 bits per heavy atom. The average molecular weight is 260 g/mol. The Labute approximate surface area is 108 Å². The van der Waals surface area contributed by atoms with Crippen molar-refractivity contribution in [3.63, 3.8) is 0 Å². The molecular formula is C12H24N2O2S. The predicted molar refractivity (Wildman–Crippen MR) is 72.4 cm³/mol. The highest BCUT2D eigenvalue weighted by molar-refractivity contribution is 8.00. The number of hydrogen-bond donors (Lipinski definition) is 2. The number of hydrogen-bond acceptors (Lipinski definition) is 4. The van der Waals surface area contributed by atoms with Gasteiger partial charge in [-0.15, -0.1) is 11.8 Å². The predicted octanol–water partition coefficient (Wildman–Crippen LogP) is 1.01. The molecule has 4 nitrogen and oxygen atoms in total. The average Bonchev–Trinajstić information content (AvgIpc) is 2.27. The SMILES string of the molecule is COCC(C)(C)NC(=O)CSC1CCNCC1. The molecular weight excluding hydrogens is 236 g/mol. The third kappa shape index (κ3) is 6.29. The number of carbonyl (C=O) groups is 1. The fraction of sp³-hybridized carbons (Fsp3) is 0.917. The van der Waals surface area contributed by atoms with Crippen LogP contribution >= 0.6 is 11.8 Å². The van der Waals surface area contributed by atoms with E-state index >= 15 is 0 Å². The minimum absolute atomic E-state index is 0.107. The zero-order valence-electron chi connectivity index (χ0n) is 11.0. The molecule has 100 valence electrons. The number of ether oxygens (including phenoxy) is 1. The minimum Gasteiger partial charge on any atom is -0.382 e. The molecule has 1 heterocycles. The van der Waals surface area contributed by atoms with Crippen LogP contribution in [0.5, 0.6) is 0 Å². The van der Waals surface area contributed by atoms with Gasteiger partial charge in [-0.2, -0.15) is 0 Å². The van der Waals surface area contributed by atoms with Gasteiger partial charge in [0.05, 0.1) is 17.9 Å². The lowest BCUT2D eigenvalue weighted by atomic mass is 10.1. The van der Waals surface area contributed by atoms with E-state index in [1.54, 1.807) is 18.9 Å². The molecule has 5 heteroatoms. The fourth-order valence-corrected chi connectivity index (χ4v) is 2.99. The molecule has 2 N–H and O–H groups in total. The normalized spacial score (nSPS) is 18.1. The van der Waals surface area contributed by atoms with Crippen molar-refractivity contribution in [2.75, 3.05) is 32.6 Å². The molecule has 0 saturated carbocycles. The lowest BCUT2D eigenvalue weighted by Crippen LogP contribution is -2.47. The number of nitrogens with one attached hydrogen (secondary N) is 2. The van der Waals surface area contributed by atoms with Gasteiger partial charge in [-0.25, -0.2) is 0 Å². The van der Waals surface area contributed by atoms with Crippen molar-refractivity contribution in [2.45, 2.75) is 37.5 Å². The second-order valence-corrected chi connectivity index (χ2v) is 6.41. The Morgan fingerprint density at radius 3 is 2.71 bits per heavy atom. The monoisotopic (exact) mass is 260 g/mol. The summed E-state index contributed by atoms with van der Waals surface area (Å²) in [5.74, 6) is 0.660. The van der Waals surface area contributed by atoms with Crippen molar-refractivity contribution < 1.29 is 9.53 Å². The first kappa shape index (κ1) is 14.8. The second kappa shape index (κ2) is 7.24. The van der Waals surface area contributed by atoms with E-state index in [1.165, 1.54) is 12.8 Å². The molecule has 1 fully saturated rings. The van der Waals surface area contributed by atoms with Gasteiger partial charge in [0.1, 0.15) is 0 Å². The maximum Gasteiger partial charge on any atom is 0.230 e. The zero-order valence-corrected chi connectivity index (χ0v) is 11.9. The molecule has 0 spiro atoms. The standard InChI is InChI=1S/C12H24N2O2S/c1-12(2,9-16-3)14-11(15)8-17-10-4-6-13-7-5-10/h10,13H,4-9H2,1-3H3,(H,14,15). The number of methoxy groups -OCH3 is 1. The van der Waals surface area contributed by atoms with E-state index in [0.717, 1.165) is 13.1 Å². The van der Waals surface area contributed by atoms with E-state index in [-0.39, 0.29) is 11.4 Å². The number of carbonyl (C=O) groups excluding carboxylic acids is 1. The van der Waals surface area contributed by atoms with E-state index in [2.05, 4.69) is 10.6 Å². The summed E-state index contributed by atoms with van der Waals surface area (Å²) in [4.78, 5) is 11.8. The van der Waals surface area contributed by atoms with E-state index in [0.29, 0.717) is 17.6 Å². The molecule has 0 bridgehead atoms. The van der Waals surface area contributed by atoms with Crippen molar-refractivity contribution in [3.8, 4) is 0 Å². The molecule has 0 atom stereocenters. The summed E-state index contributed by atoms with van der Waals surface area (Å²) in [7, 11) is 1.65. The molecule has 1 saturated heterocycles. The van der Waals surface area contributed by atoms with Crippen molar-refractivity contribution in [1.82, 2.24) is 10.6 Å². The maximum absolute atomic E-state index is 11.8. The summed E-state index contributed by atoms with van der Waals surface area (Å²) in [6.45, 7) is 6.65. The molecule has 1 amide bonds. The molecule has 1 aliphatic heterocycles. The van der Waals surface area contributed by atoms with Gasteiger partial charge in [0.25, 0.3) is 0 Å². The number of rotatable bonds is 6. The summed E-state index contributed by atoms with van der Waals surface area (Å²) in [6, 6.07) is 0. The van der Waals surface area contributed by atoms with Crippen molar-refractivity contribution >= 4 is 17.7 Å². The van der Waals surface area contributed by atoms with Crippen LogP contribution in [0.4, 0.5) is 0 Å². The van der Waals surface area contributed by atoms with Crippen LogP contribution in [0.15, 0.2) is 0 Å². The van der Waals surface area contributed by atoms with Gasteiger partial charge >= 0.3 is 0 Å². The third-order valence-corrected chi connectivity index (χ3v) is 4.09. The summed E-state index contributed by atoms with van der Waals surface area (Å²) < 4.78 is 5.07. The summed E-state index contributed by atoms with van der Waals surface area (Å²) in [6.07, 6.45) is 2.33. The van der Waals surface area contributed by atoms with Crippen molar-refractivity contribution in [1.29, 1.82) is 0 Å². The Hall–Kier alpha value is -0.260. The largest absolute Gasteiger partial charge is 0.382 e. The van der Waals surface area contributed by atoms with Gasteiger partial charge in [-0.05, 0) is 39.8 Å². The van der Waals surface area contributed by atoms with E-state index in [4.69, 9.17) is 4.74 Å². The van der Waals surface area contributed by atoms with Crippen LogP contribution in [-0.4, -0.2) is 49.3 Å². The first-order valence-electron chi connectivity index (χ1n) is 6.16. The summed E-state index contributed by atoms with van der Waals surface area (Å²) in [5.41, 5.74) is -0.277. The van der Waals surface area contributed by atoms with Crippen molar-refractivity contribution in [2.24, 2.45) is 0 Å². The van der Waals surface area contributed by atoms with Gasteiger partial charge in [0.15, 0.2) is 0 Å². The van der Waals surface area contributed by atoms with Gasteiger partial charge in [-0.1, -0.05) is 0 Å². The fourth-order valence-electron chi connectivity index (χ4n) is 1.97. The molecule has 1 rings (SSSR count). The number of thioether (sulfide) groups is 1. The highest BCUT2D eigenvalue weighted by atomic mass is 32.2. The Balaban J connectivity index is 2.20. The van der Waals surface area contributed by atoms with Gasteiger partial charge < -0.3 is 15.4 Å². The Bertz CT molecular complexity index is 241. The zero-order chi connectivity index (χ0) is 12.7. The molecule has 0 aromatic heterocycles. The highest BCUT2D eigenvalue weighted by Crippen LogP contribution is 2.19. The van der Waals surface area contributed by atoms with Crippen molar-refractivity contribution in [3.05, 3.63) is 0 Å². The lowest BCUT2D eigenvalue weighted by Gasteiger charge is -2.26. The van der Waals surface area contributed by atoms with Crippen LogP contribution in [0, 0.1) is 0 Å². The van der Waals surface area contributed by atoms with Crippen LogP contribution in [0.2, 0.25) is 0 Å². The quantitative estimate of drug-likeness (QED) is 0.748. The molecule has 0 aliphatic carbocycles. The Kier molecular flexibility index (Phi) is 6.30. The van der Waals surface area contributed by atoms with E-state index in [1.807, 2.05) is 13.8 Å². The van der Waals surface area contributed by atoms with E-state index < -0.39 is 0 Å². The molecule has 0 radical (unpaired) electrons. The van der Waals surface area contributed by atoms with Crippen LogP contribution in [0.1, 0.15) is 26.7 Å². The van der Waals surface area contributed by atoms with Crippen LogP contribution in [0.3, 0.4) is 0 Å². The molecule has 0 aromatic carbocycles. The number of amides is 1. The molecule has 0 aromatic rings. The van der Waals surface area contributed by atoms with Gasteiger partial charge in [0, 0.05) is 12.4 Å². The Morgan fingerprint density at radius 2 is 2.12 bits per heavy atom. The lowest BCUT2D eigenvalue weighted by molar-refractivity contribution is -0.120. The second-order valence-electron chi connectivity index (χ2n) is 5.13. The first-order valence-corrected chi connectivity index (χ1v) is 7.20. The smallest absolute Gasteiger partial charge is 0.230 e. The maximum atomic E-state index is 11.8. The summed E-state index contributed by atoms with van der Waals surface area (Å²) in [5, 5.41) is 6.96. The van der Waals surface area contributed by atoms with Crippen LogP contribution < -0.4 is 10.6 Å². The molecule has 0 unspecified atom stereocenters. The van der Waals surface area contributed by atoms with Crippen LogP contribution in [-0.2, 0) is 9.53 Å². The minimum atomic E-state index is -0.277. The molecule has 1 aliphatic rings. The van der Waals surface area contributed by atoms with Gasteiger partial charge in [-0.3, -0.25) is 4.79 Å². The topological polar surface area (TPSA) is 50.4 Å². The first-order chi connectivity index (χ1) is 8.03. The number of piperidine rings is 1. The van der Waals surface area contributed by atoms with E-state index in [9.17, 15) is 4.79 Å². The summed E-state index contributed by atoms with van der Waals surface area (Å²) >= 11 is 1.77. The highest BCUT2D eigenvalue weighted by Gasteiger charge is 2.21. The third-order valence-electron chi connectivity index (χ3n) is 2.72. The van der Waals surface area contributed by atoms with Gasteiger partial charge in [0.2, 0.25) is 5.91 Å².